The molecule has 1 aliphatic heterocycles. The summed E-state index contributed by atoms with van der Waals surface area (Å²) < 4.78 is 1.71. The van der Waals surface area contributed by atoms with Crippen LogP contribution in [0.4, 0.5) is 10.6 Å². The highest BCUT2D eigenvalue weighted by atomic mass is 16.2. The van der Waals surface area contributed by atoms with E-state index in [1.54, 1.807) is 23.7 Å². The number of anilines is 1. The van der Waals surface area contributed by atoms with Gasteiger partial charge in [0.05, 0.1) is 5.69 Å². The van der Waals surface area contributed by atoms with Crippen molar-refractivity contribution in [1.29, 1.82) is 0 Å². The normalized spacial score (nSPS) is 14.9. The van der Waals surface area contributed by atoms with Crippen LogP contribution in [0.5, 0.6) is 0 Å². The number of hydrogen-bond donors (Lipinski definition) is 0. The van der Waals surface area contributed by atoms with Gasteiger partial charge in [0.25, 0.3) is 0 Å². The van der Waals surface area contributed by atoms with Crippen LogP contribution in [0.15, 0.2) is 24.4 Å². The minimum Gasteiger partial charge on any atom is -0.352 e. The Morgan fingerprint density at radius 1 is 1.04 bits per heavy atom. The van der Waals surface area contributed by atoms with Gasteiger partial charge >= 0.3 is 6.03 Å². The molecule has 0 bridgehead atoms. The second-order valence-electron chi connectivity index (χ2n) is 5.80. The van der Waals surface area contributed by atoms with E-state index in [2.05, 4.69) is 20.2 Å². The van der Waals surface area contributed by atoms with E-state index in [1.165, 1.54) is 0 Å². The summed E-state index contributed by atoms with van der Waals surface area (Å²) in [5.74, 6) is 1.53. The average molecular weight is 315 g/mol. The van der Waals surface area contributed by atoms with Gasteiger partial charge in [0.15, 0.2) is 11.6 Å². The highest BCUT2D eigenvalue weighted by Gasteiger charge is 2.23. The van der Waals surface area contributed by atoms with Crippen LogP contribution in [-0.4, -0.2) is 76.1 Å². The summed E-state index contributed by atoms with van der Waals surface area (Å²) in [6, 6.07) is 5.84. The van der Waals surface area contributed by atoms with Crippen molar-refractivity contribution in [3.8, 4) is 5.82 Å². The number of carbonyl (C=O) groups excluding carboxylic acids is 1. The third-order valence-corrected chi connectivity index (χ3v) is 3.85. The fourth-order valence-electron chi connectivity index (χ4n) is 2.56. The zero-order valence-electron chi connectivity index (χ0n) is 13.7. The van der Waals surface area contributed by atoms with Crippen molar-refractivity contribution in [2.75, 3.05) is 45.2 Å². The number of aromatic nitrogens is 4. The molecular formula is C15H21N7O. The Balaban J connectivity index is 1.64. The fourth-order valence-corrected chi connectivity index (χ4v) is 2.56. The number of aryl methyl sites for hydroxylation is 1. The molecule has 2 amide bonds. The van der Waals surface area contributed by atoms with Crippen LogP contribution in [0.3, 0.4) is 0 Å². The van der Waals surface area contributed by atoms with Crippen molar-refractivity contribution in [3.63, 3.8) is 0 Å². The van der Waals surface area contributed by atoms with Gasteiger partial charge in [-0.05, 0) is 25.1 Å². The first-order valence-electron chi connectivity index (χ1n) is 7.62. The SMILES string of the molecule is Cc1ccn(-c2ccc(N3CCN(C(=O)N(C)C)CC3)nn2)n1. The lowest BCUT2D eigenvalue weighted by atomic mass is 10.3. The van der Waals surface area contributed by atoms with E-state index in [0.717, 1.165) is 24.6 Å². The van der Waals surface area contributed by atoms with Crippen LogP contribution in [0.1, 0.15) is 5.69 Å². The lowest BCUT2D eigenvalue weighted by molar-refractivity contribution is 0.168. The Hall–Kier alpha value is -2.64. The van der Waals surface area contributed by atoms with Crippen molar-refractivity contribution in [2.24, 2.45) is 0 Å². The molecule has 23 heavy (non-hydrogen) atoms. The lowest BCUT2D eigenvalue weighted by Crippen LogP contribution is -2.51. The summed E-state index contributed by atoms with van der Waals surface area (Å²) in [5, 5.41) is 12.9. The summed E-state index contributed by atoms with van der Waals surface area (Å²) in [7, 11) is 3.55. The molecule has 2 aromatic rings. The van der Waals surface area contributed by atoms with Gasteiger partial charge < -0.3 is 14.7 Å². The second kappa shape index (κ2) is 6.23. The summed E-state index contributed by atoms with van der Waals surface area (Å²) in [6.07, 6.45) is 1.87. The largest absolute Gasteiger partial charge is 0.352 e. The van der Waals surface area contributed by atoms with Gasteiger partial charge in [-0.1, -0.05) is 0 Å². The van der Waals surface area contributed by atoms with E-state index in [0.29, 0.717) is 18.9 Å². The number of piperazine rings is 1. The summed E-state index contributed by atoms with van der Waals surface area (Å²) in [6.45, 7) is 4.84. The van der Waals surface area contributed by atoms with Gasteiger partial charge in [0, 0.05) is 46.5 Å². The molecule has 0 aromatic carbocycles. The number of urea groups is 1. The number of carbonyl (C=O) groups is 1. The Bertz CT molecular complexity index is 671. The minimum absolute atomic E-state index is 0.0557. The lowest BCUT2D eigenvalue weighted by Gasteiger charge is -2.36. The van der Waals surface area contributed by atoms with Gasteiger partial charge in [-0.3, -0.25) is 0 Å². The zero-order valence-corrected chi connectivity index (χ0v) is 13.7. The number of hydrogen-bond acceptors (Lipinski definition) is 5. The van der Waals surface area contributed by atoms with E-state index in [9.17, 15) is 4.79 Å². The molecule has 1 saturated heterocycles. The molecule has 2 aromatic heterocycles. The van der Waals surface area contributed by atoms with Crippen LogP contribution in [0, 0.1) is 6.92 Å². The maximum absolute atomic E-state index is 11.9. The Kier molecular flexibility index (Phi) is 4.14. The second-order valence-corrected chi connectivity index (χ2v) is 5.80. The van der Waals surface area contributed by atoms with E-state index in [-0.39, 0.29) is 6.03 Å². The third kappa shape index (κ3) is 3.25. The first kappa shape index (κ1) is 15.3. The van der Waals surface area contributed by atoms with Crippen LogP contribution < -0.4 is 4.90 Å². The van der Waals surface area contributed by atoms with Crippen LogP contribution in [0.2, 0.25) is 0 Å². The monoisotopic (exact) mass is 315 g/mol. The number of amides is 2. The van der Waals surface area contributed by atoms with E-state index >= 15 is 0 Å². The van der Waals surface area contributed by atoms with Gasteiger partial charge in [-0.25, -0.2) is 9.48 Å². The van der Waals surface area contributed by atoms with Crippen molar-refractivity contribution < 1.29 is 4.79 Å². The summed E-state index contributed by atoms with van der Waals surface area (Å²) >= 11 is 0. The van der Waals surface area contributed by atoms with E-state index in [1.807, 2.05) is 36.2 Å². The molecule has 122 valence electrons. The van der Waals surface area contributed by atoms with E-state index in [4.69, 9.17) is 0 Å². The number of rotatable bonds is 2. The van der Waals surface area contributed by atoms with Crippen molar-refractivity contribution >= 4 is 11.8 Å². The van der Waals surface area contributed by atoms with Crippen molar-refractivity contribution in [1.82, 2.24) is 29.8 Å². The summed E-state index contributed by atoms with van der Waals surface area (Å²) in [4.78, 5) is 17.5. The minimum atomic E-state index is 0.0557. The third-order valence-electron chi connectivity index (χ3n) is 3.85. The molecule has 8 heteroatoms. The molecule has 0 saturated carbocycles. The van der Waals surface area contributed by atoms with Crippen LogP contribution in [-0.2, 0) is 0 Å². The van der Waals surface area contributed by atoms with Gasteiger partial charge in [-0.15, -0.1) is 10.2 Å². The summed E-state index contributed by atoms with van der Waals surface area (Å²) in [5.41, 5.74) is 0.942. The smallest absolute Gasteiger partial charge is 0.319 e. The molecule has 0 spiro atoms. The molecule has 0 radical (unpaired) electrons. The predicted molar refractivity (Wildman–Crippen MR) is 86.8 cm³/mol. The van der Waals surface area contributed by atoms with Gasteiger partial charge in [0.2, 0.25) is 0 Å². The molecule has 0 N–H and O–H groups in total. The topological polar surface area (TPSA) is 70.4 Å². The standard InChI is InChI=1S/C15H21N7O/c1-12-6-7-22(18-12)14-5-4-13(16-17-14)20-8-10-21(11-9-20)15(23)19(2)3/h4-7H,8-11H2,1-3H3. The average Bonchev–Trinajstić information content (AvgIpc) is 3.01. The Labute approximate surface area is 135 Å². The van der Waals surface area contributed by atoms with Crippen LogP contribution >= 0.6 is 0 Å². The molecule has 8 nitrogen and oxygen atoms in total. The van der Waals surface area contributed by atoms with Crippen molar-refractivity contribution in [3.05, 3.63) is 30.1 Å². The molecule has 1 fully saturated rings. The van der Waals surface area contributed by atoms with Crippen molar-refractivity contribution in [2.45, 2.75) is 6.92 Å². The molecule has 0 unspecified atom stereocenters. The van der Waals surface area contributed by atoms with Gasteiger partial charge in [0.1, 0.15) is 0 Å². The highest BCUT2D eigenvalue weighted by Crippen LogP contribution is 2.14. The first-order chi connectivity index (χ1) is 11.0. The Morgan fingerprint density at radius 3 is 2.22 bits per heavy atom. The highest BCUT2D eigenvalue weighted by molar-refractivity contribution is 5.74. The van der Waals surface area contributed by atoms with Crippen LogP contribution in [0.25, 0.3) is 5.82 Å². The molecule has 3 heterocycles. The first-order valence-corrected chi connectivity index (χ1v) is 7.62. The predicted octanol–water partition coefficient (Wildman–Crippen LogP) is 0.774. The fraction of sp³-hybridized carbons (Fsp3) is 0.467. The maximum atomic E-state index is 11.9. The molecule has 0 aliphatic carbocycles. The number of nitrogens with zero attached hydrogens (tertiary/aromatic N) is 7. The molecular weight excluding hydrogens is 294 g/mol. The maximum Gasteiger partial charge on any atom is 0.319 e. The molecule has 1 aliphatic rings. The Morgan fingerprint density at radius 2 is 1.70 bits per heavy atom. The molecule has 0 atom stereocenters. The quantitative estimate of drug-likeness (QED) is 0.819. The van der Waals surface area contributed by atoms with Gasteiger partial charge in [-0.2, -0.15) is 5.10 Å². The van der Waals surface area contributed by atoms with E-state index < -0.39 is 0 Å². The molecule has 3 rings (SSSR count). The zero-order chi connectivity index (χ0) is 16.4.